The molecule has 0 aromatic heterocycles. The largest absolute Gasteiger partial charge is 0.311 e. The first-order valence-electron chi connectivity index (χ1n) is 5.40. The molecule has 0 bridgehead atoms. The fourth-order valence-electron chi connectivity index (χ4n) is 2.11. The lowest BCUT2D eigenvalue weighted by Crippen LogP contribution is -2.56. The van der Waals surface area contributed by atoms with Crippen molar-refractivity contribution in [2.24, 2.45) is 0 Å². The molecule has 0 spiro atoms. The lowest BCUT2D eigenvalue weighted by atomic mass is 9.82. The minimum atomic E-state index is 0.360. The third kappa shape index (κ3) is 1.83. The average Bonchev–Trinajstić information content (AvgIpc) is 2.09. The smallest absolute Gasteiger partial charge is 0.0205 e. The molecule has 1 unspecified atom stereocenters. The Bertz CT molecular complexity index is 337. The van der Waals surface area contributed by atoms with Crippen molar-refractivity contribution in [2.75, 3.05) is 6.54 Å². The Kier molecular flexibility index (Phi) is 2.36. The first kappa shape index (κ1) is 9.72. The molecule has 1 saturated heterocycles. The normalized spacial score (nSPS) is 25.9. The van der Waals surface area contributed by atoms with Gasteiger partial charge in [0.25, 0.3) is 0 Å². The zero-order valence-corrected chi connectivity index (χ0v) is 9.35. The molecule has 2 rings (SSSR count). The van der Waals surface area contributed by atoms with Crippen molar-refractivity contribution in [2.45, 2.75) is 39.2 Å². The summed E-state index contributed by atoms with van der Waals surface area (Å²) >= 11 is 0. The molecule has 1 N–H and O–H groups in total. The summed E-state index contributed by atoms with van der Waals surface area (Å²) in [6.07, 6.45) is 2.47. The van der Waals surface area contributed by atoms with Gasteiger partial charge in [0.05, 0.1) is 0 Å². The number of nitrogens with one attached hydrogen (secondary N) is 1. The monoisotopic (exact) mass is 189 g/mol. The highest BCUT2D eigenvalue weighted by Gasteiger charge is 2.31. The summed E-state index contributed by atoms with van der Waals surface area (Å²) in [4.78, 5) is 0. The molecule has 1 aliphatic heterocycles. The van der Waals surface area contributed by atoms with Crippen LogP contribution in [0, 0.1) is 13.8 Å². The van der Waals surface area contributed by atoms with Crippen LogP contribution in [-0.4, -0.2) is 12.1 Å². The van der Waals surface area contributed by atoms with E-state index < -0.39 is 0 Å². The summed E-state index contributed by atoms with van der Waals surface area (Å²) in [5, 5.41) is 3.52. The van der Waals surface area contributed by atoms with Crippen LogP contribution in [0.4, 0.5) is 0 Å². The van der Waals surface area contributed by atoms with Gasteiger partial charge in [-0.2, -0.15) is 0 Å². The standard InChI is InChI=1S/C13H19N/c1-10-4-5-11(2)12(8-10)9-13(3)6-7-14-13/h4-5,8,14H,6-7,9H2,1-3H3. The Morgan fingerprint density at radius 3 is 2.64 bits per heavy atom. The zero-order chi connectivity index (χ0) is 10.2. The van der Waals surface area contributed by atoms with Crippen molar-refractivity contribution in [1.82, 2.24) is 5.32 Å². The topological polar surface area (TPSA) is 12.0 Å². The summed E-state index contributed by atoms with van der Waals surface area (Å²) in [7, 11) is 0. The highest BCUT2D eigenvalue weighted by atomic mass is 15.0. The molecule has 0 radical (unpaired) electrons. The Labute approximate surface area is 86.5 Å². The quantitative estimate of drug-likeness (QED) is 0.754. The Morgan fingerprint density at radius 1 is 1.36 bits per heavy atom. The molecule has 1 aliphatic rings. The SMILES string of the molecule is Cc1ccc(C)c(CC2(C)CCN2)c1. The van der Waals surface area contributed by atoms with Crippen LogP contribution in [0.2, 0.25) is 0 Å². The van der Waals surface area contributed by atoms with Gasteiger partial charge in [-0.05, 0) is 51.3 Å². The van der Waals surface area contributed by atoms with Crippen LogP contribution >= 0.6 is 0 Å². The first-order chi connectivity index (χ1) is 6.59. The van der Waals surface area contributed by atoms with E-state index in [0.29, 0.717) is 5.54 Å². The molecule has 1 fully saturated rings. The highest BCUT2D eigenvalue weighted by Crippen LogP contribution is 2.25. The van der Waals surface area contributed by atoms with E-state index in [-0.39, 0.29) is 0 Å². The molecular formula is C13H19N. The predicted octanol–water partition coefficient (Wildman–Crippen LogP) is 2.60. The number of rotatable bonds is 2. The van der Waals surface area contributed by atoms with Gasteiger partial charge in [0.1, 0.15) is 0 Å². The van der Waals surface area contributed by atoms with Gasteiger partial charge < -0.3 is 5.32 Å². The van der Waals surface area contributed by atoms with Crippen molar-refractivity contribution in [1.29, 1.82) is 0 Å². The maximum absolute atomic E-state index is 3.52. The Morgan fingerprint density at radius 2 is 2.07 bits per heavy atom. The van der Waals surface area contributed by atoms with Gasteiger partial charge in [0, 0.05) is 5.54 Å². The van der Waals surface area contributed by atoms with E-state index >= 15 is 0 Å². The van der Waals surface area contributed by atoms with Crippen LogP contribution in [0.5, 0.6) is 0 Å². The fourth-order valence-corrected chi connectivity index (χ4v) is 2.11. The molecule has 14 heavy (non-hydrogen) atoms. The van der Waals surface area contributed by atoms with Gasteiger partial charge in [-0.25, -0.2) is 0 Å². The maximum Gasteiger partial charge on any atom is 0.0205 e. The van der Waals surface area contributed by atoms with Gasteiger partial charge in [-0.1, -0.05) is 23.8 Å². The number of aryl methyl sites for hydroxylation is 2. The van der Waals surface area contributed by atoms with Crippen molar-refractivity contribution in [3.05, 3.63) is 34.9 Å². The highest BCUT2D eigenvalue weighted by molar-refractivity contribution is 5.32. The zero-order valence-electron chi connectivity index (χ0n) is 9.35. The van der Waals surface area contributed by atoms with Crippen LogP contribution in [0.1, 0.15) is 30.0 Å². The minimum Gasteiger partial charge on any atom is -0.311 e. The van der Waals surface area contributed by atoms with E-state index in [1.807, 2.05) is 0 Å². The van der Waals surface area contributed by atoms with Crippen LogP contribution in [0.3, 0.4) is 0 Å². The van der Waals surface area contributed by atoms with Crippen LogP contribution in [-0.2, 0) is 6.42 Å². The summed E-state index contributed by atoms with van der Waals surface area (Å²) in [6.45, 7) is 7.87. The molecule has 76 valence electrons. The Balaban J connectivity index is 2.19. The number of hydrogen-bond donors (Lipinski definition) is 1. The molecule has 1 aromatic rings. The third-order valence-electron chi connectivity index (χ3n) is 3.31. The molecule has 1 heteroatoms. The second-order valence-electron chi connectivity index (χ2n) is 4.84. The van der Waals surface area contributed by atoms with Crippen LogP contribution in [0.25, 0.3) is 0 Å². The molecule has 0 aliphatic carbocycles. The van der Waals surface area contributed by atoms with Gasteiger partial charge in [0.15, 0.2) is 0 Å². The summed E-state index contributed by atoms with van der Waals surface area (Å²) < 4.78 is 0. The average molecular weight is 189 g/mol. The van der Waals surface area contributed by atoms with E-state index in [9.17, 15) is 0 Å². The summed E-state index contributed by atoms with van der Waals surface area (Å²) in [6, 6.07) is 6.74. The fraction of sp³-hybridized carbons (Fsp3) is 0.538. The van der Waals surface area contributed by atoms with Crippen molar-refractivity contribution in [3.63, 3.8) is 0 Å². The molecular weight excluding hydrogens is 170 g/mol. The molecule has 1 heterocycles. The number of benzene rings is 1. The van der Waals surface area contributed by atoms with E-state index in [2.05, 4.69) is 44.3 Å². The lowest BCUT2D eigenvalue weighted by molar-refractivity contribution is 0.231. The van der Waals surface area contributed by atoms with Gasteiger partial charge in [0.2, 0.25) is 0 Å². The summed E-state index contributed by atoms with van der Waals surface area (Å²) in [5.74, 6) is 0. The first-order valence-corrected chi connectivity index (χ1v) is 5.40. The third-order valence-corrected chi connectivity index (χ3v) is 3.31. The number of hydrogen-bond acceptors (Lipinski definition) is 1. The van der Waals surface area contributed by atoms with Crippen molar-refractivity contribution < 1.29 is 0 Å². The van der Waals surface area contributed by atoms with Gasteiger partial charge in [-0.15, -0.1) is 0 Å². The summed E-state index contributed by atoms with van der Waals surface area (Å²) in [5.41, 5.74) is 4.65. The van der Waals surface area contributed by atoms with Crippen molar-refractivity contribution >= 4 is 0 Å². The molecule has 0 amide bonds. The van der Waals surface area contributed by atoms with E-state index in [0.717, 1.165) is 0 Å². The van der Waals surface area contributed by atoms with E-state index in [1.54, 1.807) is 0 Å². The molecule has 1 aromatic carbocycles. The van der Waals surface area contributed by atoms with Gasteiger partial charge >= 0.3 is 0 Å². The second-order valence-corrected chi connectivity index (χ2v) is 4.84. The van der Waals surface area contributed by atoms with E-state index in [1.165, 1.54) is 36.1 Å². The minimum absolute atomic E-state index is 0.360. The molecule has 1 nitrogen and oxygen atoms in total. The lowest BCUT2D eigenvalue weighted by Gasteiger charge is -2.40. The van der Waals surface area contributed by atoms with E-state index in [4.69, 9.17) is 0 Å². The van der Waals surface area contributed by atoms with Gasteiger partial charge in [-0.3, -0.25) is 0 Å². The second kappa shape index (κ2) is 3.39. The van der Waals surface area contributed by atoms with Crippen molar-refractivity contribution in [3.8, 4) is 0 Å². The molecule has 0 saturated carbocycles. The Hall–Kier alpha value is -0.820. The predicted molar refractivity (Wildman–Crippen MR) is 60.6 cm³/mol. The van der Waals surface area contributed by atoms with Crippen LogP contribution < -0.4 is 5.32 Å². The molecule has 1 atom stereocenters. The maximum atomic E-state index is 3.52. The van der Waals surface area contributed by atoms with Crippen LogP contribution in [0.15, 0.2) is 18.2 Å².